The summed E-state index contributed by atoms with van der Waals surface area (Å²) in [6.07, 6.45) is -0.383. The third-order valence-electron chi connectivity index (χ3n) is 3.11. The Morgan fingerprint density at radius 1 is 0.938 bits per heavy atom. The van der Waals surface area contributed by atoms with Gasteiger partial charge >= 0.3 is 11.9 Å². The molecule has 0 aromatic carbocycles. The van der Waals surface area contributed by atoms with Gasteiger partial charge < -0.3 is 19.7 Å². The Bertz CT molecular complexity index is 248. The molecule has 0 aliphatic heterocycles. The van der Waals surface area contributed by atoms with Crippen LogP contribution in [0.5, 0.6) is 0 Å². The standard InChI is InChI=1S/C10H16O6/c1-15-7-3-5(9(11)12)6(10(13)14)4-8(7)16-2/h5-8H,3-4H2,1-2H3,(H,11,12)(H,13,14)/t5-,6+,7+,8-. The Hall–Kier alpha value is -1.14. The van der Waals surface area contributed by atoms with Gasteiger partial charge in [0.1, 0.15) is 0 Å². The molecule has 1 aliphatic rings. The van der Waals surface area contributed by atoms with Gasteiger partial charge in [-0.15, -0.1) is 0 Å². The van der Waals surface area contributed by atoms with Crippen LogP contribution < -0.4 is 0 Å². The van der Waals surface area contributed by atoms with E-state index in [1.807, 2.05) is 0 Å². The molecular weight excluding hydrogens is 216 g/mol. The fourth-order valence-corrected chi connectivity index (χ4v) is 2.17. The molecule has 6 nitrogen and oxygen atoms in total. The van der Waals surface area contributed by atoms with Crippen LogP contribution in [-0.4, -0.2) is 48.6 Å². The number of aliphatic carboxylic acids is 2. The summed E-state index contributed by atoms with van der Waals surface area (Å²) >= 11 is 0. The number of rotatable bonds is 4. The van der Waals surface area contributed by atoms with E-state index in [0.29, 0.717) is 0 Å². The number of carboxylic acid groups (broad SMARTS) is 2. The first kappa shape index (κ1) is 12.9. The minimum atomic E-state index is -1.09. The normalized spacial score (nSPS) is 34.6. The van der Waals surface area contributed by atoms with Crippen molar-refractivity contribution in [1.29, 1.82) is 0 Å². The van der Waals surface area contributed by atoms with E-state index in [9.17, 15) is 9.59 Å². The fraction of sp³-hybridized carbons (Fsp3) is 0.800. The molecule has 1 rings (SSSR count). The van der Waals surface area contributed by atoms with Crippen LogP contribution >= 0.6 is 0 Å². The van der Waals surface area contributed by atoms with Gasteiger partial charge in [0.25, 0.3) is 0 Å². The summed E-state index contributed by atoms with van der Waals surface area (Å²) in [6, 6.07) is 0. The fourth-order valence-electron chi connectivity index (χ4n) is 2.17. The molecule has 6 heteroatoms. The zero-order chi connectivity index (χ0) is 12.3. The Morgan fingerprint density at radius 2 is 1.25 bits per heavy atom. The lowest BCUT2D eigenvalue weighted by molar-refractivity contribution is -0.165. The second-order valence-electron chi connectivity index (χ2n) is 3.91. The van der Waals surface area contributed by atoms with E-state index in [1.165, 1.54) is 14.2 Å². The van der Waals surface area contributed by atoms with E-state index in [4.69, 9.17) is 19.7 Å². The maximum atomic E-state index is 11.0. The molecule has 92 valence electrons. The molecule has 0 bridgehead atoms. The van der Waals surface area contributed by atoms with Crippen LogP contribution in [0, 0.1) is 11.8 Å². The summed E-state index contributed by atoms with van der Waals surface area (Å²) in [5.41, 5.74) is 0. The van der Waals surface area contributed by atoms with Crippen LogP contribution in [0.25, 0.3) is 0 Å². The second kappa shape index (κ2) is 5.27. The number of carboxylic acids is 2. The van der Waals surface area contributed by atoms with Gasteiger partial charge in [0, 0.05) is 14.2 Å². The highest BCUT2D eigenvalue weighted by atomic mass is 16.5. The molecule has 1 aliphatic carbocycles. The Kier molecular flexibility index (Phi) is 4.26. The van der Waals surface area contributed by atoms with Gasteiger partial charge in [0.05, 0.1) is 24.0 Å². The molecule has 0 heterocycles. The minimum absolute atomic E-state index is 0.168. The SMILES string of the molecule is CO[C@H]1C[C@@H](C(=O)O)[C@@H](C(=O)O)C[C@H]1OC. The first-order chi connectivity index (χ1) is 7.51. The van der Waals surface area contributed by atoms with Crippen LogP contribution in [0.1, 0.15) is 12.8 Å². The summed E-state index contributed by atoms with van der Waals surface area (Å²) in [7, 11) is 2.94. The molecule has 1 fully saturated rings. The molecule has 0 radical (unpaired) electrons. The van der Waals surface area contributed by atoms with E-state index in [1.54, 1.807) is 0 Å². The number of carbonyl (C=O) groups is 2. The van der Waals surface area contributed by atoms with Gasteiger partial charge in [-0.3, -0.25) is 9.59 Å². The number of hydrogen-bond donors (Lipinski definition) is 2. The third-order valence-corrected chi connectivity index (χ3v) is 3.11. The minimum Gasteiger partial charge on any atom is -0.481 e. The second-order valence-corrected chi connectivity index (χ2v) is 3.91. The molecule has 16 heavy (non-hydrogen) atoms. The smallest absolute Gasteiger partial charge is 0.307 e. The topological polar surface area (TPSA) is 93.1 Å². The largest absolute Gasteiger partial charge is 0.481 e. The van der Waals surface area contributed by atoms with Crippen LogP contribution in [0.2, 0.25) is 0 Å². The first-order valence-electron chi connectivity index (χ1n) is 5.02. The molecule has 0 unspecified atom stereocenters. The van der Waals surface area contributed by atoms with Gasteiger partial charge in [-0.2, -0.15) is 0 Å². The van der Waals surface area contributed by atoms with Crippen molar-refractivity contribution in [2.75, 3.05) is 14.2 Å². The van der Waals surface area contributed by atoms with Gasteiger partial charge in [-0.25, -0.2) is 0 Å². The Labute approximate surface area is 93.2 Å². The summed E-state index contributed by atoms with van der Waals surface area (Å²) in [4.78, 5) is 21.9. The maximum Gasteiger partial charge on any atom is 0.307 e. The van der Waals surface area contributed by atoms with Crippen LogP contribution in [-0.2, 0) is 19.1 Å². The van der Waals surface area contributed by atoms with Crippen molar-refractivity contribution in [2.45, 2.75) is 25.0 Å². The summed E-state index contributed by atoms with van der Waals surface area (Å²) < 4.78 is 10.2. The van der Waals surface area contributed by atoms with Gasteiger partial charge in [-0.05, 0) is 12.8 Å². The molecule has 0 amide bonds. The average molecular weight is 232 g/mol. The zero-order valence-corrected chi connectivity index (χ0v) is 9.25. The van der Waals surface area contributed by atoms with Gasteiger partial charge in [0.2, 0.25) is 0 Å². The van der Waals surface area contributed by atoms with Crippen molar-refractivity contribution in [3.63, 3.8) is 0 Å². The lowest BCUT2D eigenvalue weighted by Gasteiger charge is -2.36. The molecule has 4 atom stereocenters. The van der Waals surface area contributed by atoms with E-state index in [2.05, 4.69) is 0 Å². The van der Waals surface area contributed by atoms with E-state index in [0.717, 1.165) is 0 Å². The molecule has 0 saturated heterocycles. The Balaban J connectivity index is 2.84. The van der Waals surface area contributed by atoms with Crippen molar-refractivity contribution in [1.82, 2.24) is 0 Å². The molecule has 1 saturated carbocycles. The lowest BCUT2D eigenvalue weighted by Crippen LogP contribution is -2.46. The highest BCUT2D eigenvalue weighted by molar-refractivity contribution is 5.80. The van der Waals surface area contributed by atoms with Crippen LogP contribution in [0.4, 0.5) is 0 Å². The van der Waals surface area contributed by atoms with E-state index in [-0.39, 0.29) is 25.0 Å². The molecule has 0 spiro atoms. The van der Waals surface area contributed by atoms with Gasteiger partial charge in [0.15, 0.2) is 0 Å². The average Bonchev–Trinajstić information content (AvgIpc) is 2.26. The van der Waals surface area contributed by atoms with Crippen molar-refractivity contribution in [3.8, 4) is 0 Å². The summed E-state index contributed by atoms with van der Waals surface area (Å²) in [5, 5.41) is 17.9. The van der Waals surface area contributed by atoms with Crippen molar-refractivity contribution >= 4 is 11.9 Å². The van der Waals surface area contributed by atoms with Crippen molar-refractivity contribution in [2.24, 2.45) is 11.8 Å². The van der Waals surface area contributed by atoms with Gasteiger partial charge in [-0.1, -0.05) is 0 Å². The number of methoxy groups -OCH3 is 2. The van der Waals surface area contributed by atoms with Crippen LogP contribution in [0.15, 0.2) is 0 Å². The summed E-state index contributed by atoms with van der Waals surface area (Å²) in [5.74, 6) is -4.00. The molecular formula is C10H16O6. The highest BCUT2D eigenvalue weighted by Gasteiger charge is 2.44. The number of ether oxygens (including phenoxy) is 2. The third kappa shape index (κ3) is 2.51. The van der Waals surface area contributed by atoms with E-state index >= 15 is 0 Å². The lowest BCUT2D eigenvalue weighted by atomic mass is 9.76. The zero-order valence-electron chi connectivity index (χ0n) is 9.25. The summed E-state index contributed by atoms with van der Waals surface area (Å²) in [6.45, 7) is 0. The van der Waals surface area contributed by atoms with Crippen LogP contribution in [0.3, 0.4) is 0 Å². The first-order valence-corrected chi connectivity index (χ1v) is 5.02. The molecule has 0 aromatic rings. The number of hydrogen-bond acceptors (Lipinski definition) is 4. The quantitative estimate of drug-likeness (QED) is 0.719. The molecule has 2 N–H and O–H groups in total. The highest BCUT2D eigenvalue weighted by Crippen LogP contribution is 2.33. The van der Waals surface area contributed by atoms with Crippen molar-refractivity contribution in [3.05, 3.63) is 0 Å². The van der Waals surface area contributed by atoms with Crippen molar-refractivity contribution < 1.29 is 29.3 Å². The van der Waals surface area contributed by atoms with E-state index < -0.39 is 23.8 Å². The predicted octanol–water partition coefficient (Wildman–Crippen LogP) is 0.212. The molecule has 0 aromatic heterocycles. The predicted molar refractivity (Wildman–Crippen MR) is 53.1 cm³/mol. The monoisotopic (exact) mass is 232 g/mol. The maximum absolute atomic E-state index is 11.0. The Morgan fingerprint density at radius 3 is 1.44 bits per heavy atom.